The van der Waals surface area contributed by atoms with Gasteiger partial charge in [-0.15, -0.1) is 0 Å². The van der Waals surface area contributed by atoms with Gasteiger partial charge in [-0.2, -0.15) is 0 Å². The first-order valence-electron chi connectivity index (χ1n) is 11.5. The first-order chi connectivity index (χ1) is 16.9. The highest BCUT2D eigenvalue weighted by molar-refractivity contribution is 5.73. The van der Waals surface area contributed by atoms with Crippen molar-refractivity contribution < 1.29 is 9.53 Å². The SMILES string of the molecule is CC(C)(C)OC(=O)N1CC=C(c2ccc(Nc3nccc(-c4cnc5ccccn45)n3)nc2)CC1. The highest BCUT2D eigenvalue weighted by Crippen LogP contribution is 2.25. The zero-order valence-electron chi connectivity index (χ0n) is 20.0. The number of nitrogens with one attached hydrogen (secondary N) is 1. The predicted octanol–water partition coefficient (Wildman–Crippen LogP) is 4.95. The normalized spacial score (nSPS) is 14.0. The van der Waals surface area contributed by atoms with Crippen molar-refractivity contribution in [3.63, 3.8) is 0 Å². The molecule has 35 heavy (non-hydrogen) atoms. The van der Waals surface area contributed by atoms with E-state index in [-0.39, 0.29) is 6.09 Å². The average Bonchev–Trinajstić information content (AvgIpc) is 3.28. The molecular formula is C26H27N7O2. The summed E-state index contributed by atoms with van der Waals surface area (Å²) in [7, 11) is 0. The van der Waals surface area contributed by atoms with E-state index in [1.165, 1.54) is 0 Å². The molecule has 9 nitrogen and oxygen atoms in total. The maximum atomic E-state index is 12.3. The fourth-order valence-corrected chi connectivity index (χ4v) is 3.88. The van der Waals surface area contributed by atoms with Crippen molar-refractivity contribution in [2.24, 2.45) is 0 Å². The molecule has 0 aliphatic carbocycles. The number of anilines is 2. The third-order valence-corrected chi connectivity index (χ3v) is 5.57. The molecule has 1 amide bonds. The number of carbonyl (C=O) groups excluding carboxylic acids is 1. The van der Waals surface area contributed by atoms with Gasteiger partial charge in [0.25, 0.3) is 0 Å². The Kier molecular flexibility index (Phi) is 5.90. The zero-order valence-corrected chi connectivity index (χ0v) is 20.0. The summed E-state index contributed by atoms with van der Waals surface area (Å²) in [6.45, 7) is 6.76. The second kappa shape index (κ2) is 9.17. The second-order valence-electron chi connectivity index (χ2n) is 9.30. The standard InChI is InChI=1S/C26H27N7O2/c1-26(2,3)35-25(34)32-14-10-18(11-15-32)19-7-8-22(28-16-19)31-24-27-12-9-20(30-24)21-17-29-23-6-4-5-13-33(21)23/h4-10,12-13,16-17H,11,14-15H2,1-3H3,(H,27,28,30,31). The van der Waals surface area contributed by atoms with E-state index in [2.05, 4.69) is 31.3 Å². The van der Waals surface area contributed by atoms with Crippen LogP contribution in [0.15, 0.2) is 67.3 Å². The number of nitrogens with zero attached hydrogens (tertiary/aromatic N) is 6. The minimum Gasteiger partial charge on any atom is -0.444 e. The number of rotatable bonds is 4. The third kappa shape index (κ3) is 5.13. The molecule has 4 aromatic heterocycles. The fourth-order valence-electron chi connectivity index (χ4n) is 3.88. The van der Waals surface area contributed by atoms with Gasteiger partial charge in [0.05, 0.1) is 17.6 Å². The minimum atomic E-state index is -0.496. The van der Waals surface area contributed by atoms with Crippen LogP contribution in [0.4, 0.5) is 16.6 Å². The van der Waals surface area contributed by atoms with Crippen molar-refractivity contribution >= 4 is 29.1 Å². The summed E-state index contributed by atoms with van der Waals surface area (Å²) >= 11 is 0. The molecule has 1 aliphatic heterocycles. The van der Waals surface area contributed by atoms with E-state index in [9.17, 15) is 4.79 Å². The summed E-state index contributed by atoms with van der Waals surface area (Å²) < 4.78 is 7.45. The van der Waals surface area contributed by atoms with Gasteiger partial charge in [0.15, 0.2) is 0 Å². The van der Waals surface area contributed by atoms with Gasteiger partial charge in [-0.3, -0.25) is 4.40 Å². The van der Waals surface area contributed by atoms with Crippen LogP contribution < -0.4 is 5.32 Å². The Hall–Kier alpha value is -4.27. The average molecular weight is 470 g/mol. The van der Waals surface area contributed by atoms with E-state index < -0.39 is 5.60 Å². The molecule has 1 aliphatic rings. The molecule has 4 aromatic rings. The summed E-state index contributed by atoms with van der Waals surface area (Å²) in [6.07, 6.45) is 9.82. The van der Waals surface area contributed by atoms with E-state index in [1.807, 2.05) is 74.0 Å². The van der Waals surface area contributed by atoms with Crippen LogP contribution in [0.2, 0.25) is 0 Å². The van der Waals surface area contributed by atoms with Gasteiger partial charge >= 0.3 is 6.09 Å². The summed E-state index contributed by atoms with van der Waals surface area (Å²) in [5, 5.41) is 3.18. The maximum absolute atomic E-state index is 12.3. The van der Waals surface area contributed by atoms with Crippen LogP contribution in [-0.4, -0.2) is 54.0 Å². The first-order valence-corrected chi connectivity index (χ1v) is 11.5. The van der Waals surface area contributed by atoms with Gasteiger partial charge in [0.2, 0.25) is 5.95 Å². The van der Waals surface area contributed by atoms with Crippen LogP contribution in [0.25, 0.3) is 22.6 Å². The van der Waals surface area contributed by atoms with Crippen molar-refractivity contribution in [3.05, 3.63) is 72.8 Å². The first kappa shape index (κ1) is 22.5. The molecule has 1 N–H and O–H groups in total. The number of aromatic nitrogens is 5. The van der Waals surface area contributed by atoms with Crippen LogP contribution in [0.1, 0.15) is 32.8 Å². The van der Waals surface area contributed by atoms with E-state index >= 15 is 0 Å². The molecule has 5 heterocycles. The topological polar surface area (TPSA) is 97.5 Å². The number of ether oxygens (including phenoxy) is 1. The monoisotopic (exact) mass is 469 g/mol. The highest BCUT2D eigenvalue weighted by atomic mass is 16.6. The summed E-state index contributed by atoms with van der Waals surface area (Å²) in [4.78, 5) is 31.9. The molecule has 178 valence electrons. The Labute approximate surface area is 203 Å². The van der Waals surface area contributed by atoms with Crippen molar-refractivity contribution in [2.45, 2.75) is 32.8 Å². The molecule has 0 aromatic carbocycles. The third-order valence-electron chi connectivity index (χ3n) is 5.57. The van der Waals surface area contributed by atoms with Crippen molar-refractivity contribution in [1.82, 2.24) is 29.2 Å². The lowest BCUT2D eigenvalue weighted by Gasteiger charge is -2.29. The Morgan fingerprint density at radius 3 is 2.69 bits per heavy atom. The smallest absolute Gasteiger partial charge is 0.410 e. The largest absolute Gasteiger partial charge is 0.444 e. The van der Waals surface area contributed by atoms with Crippen LogP contribution in [0, 0.1) is 0 Å². The molecule has 5 rings (SSSR count). The van der Waals surface area contributed by atoms with Crippen LogP contribution in [-0.2, 0) is 4.74 Å². The quantitative estimate of drug-likeness (QED) is 0.451. The van der Waals surface area contributed by atoms with E-state index in [4.69, 9.17) is 4.74 Å². The number of pyridine rings is 2. The number of fused-ring (bicyclic) bond motifs is 1. The Morgan fingerprint density at radius 1 is 1.06 bits per heavy atom. The highest BCUT2D eigenvalue weighted by Gasteiger charge is 2.24. The number of hydrogen-bond donors (Lipinski definition) is 1. The molecule has 0 bridgehead atoms. The van der Waals surface area contributed by atoms with E-state index in [0.29, 0.717) is 24.9 Å². The van der Waals surface area contributed by atoms with Crippen molar-refractivity contribution in [3.8, 4) is 11.4 Å². The molecule has 0 saturated carbocycles. The lowest BCUT2D eigenvalue weighted by molar-refractivity contribution is 0.0270. The molecule has 0 spiro atoms. The van der Waals surface area contributed by atoms with Crippen LogP contribution in [0.5, 0.6) is 0 Å². The lowest BCUT2D eigenvalue weighted by Crippen LogP contribution is -2.39. The molecule has 9 heteroatoms. The van der Waals surface area contributed by atoms with Gasteiger partial charge in [0.1, 0.15) is 17.1 Å². The van der Waals surface area contributed by atoms with Gasteiger partial charge < -0.3 is 15.0 Å². The molecular weight excluding hydrogens is 442 g/mol. The van der Waals surface area contributed by atoms with E-state index in [1.54, 1.807) is 17.3 Å². The summed E-state index contributed by atoms with van der Waals surface area (Å²) in [5.41, 5.74) is 4.20. The number of hydrogen-bond acceptors (Lipinski definition) is 7. The lowest BCUT2D eigenvalue weighted by atomic mass is 10.0. The zero-order chi connectivity index (χ0) is 24.4. The minimum absolute atomic E-state index is 0.281. The Bertz CT molecular complexity index is 1390. The number of amides is 1. The van der Waals surface area contributed by atoms with Crippen LogP contribution in [0.3, 0.4) is 0 Å². The van der Waals surface area contributed by atoms with Gasteiger partial charge in [-0.25, -0.2) is 24.7 Å². The fraction of sp³-hybridized carbons (Fsp3) is 0.269. The van der Waals surface area contributed by atoms with Crippen molar-refractivity contribution in [2.75, 3.05) is 18.4 Å². The van der Waals surface area contributed by atoms with E-state index in [0.717, 1.165) is 34.6 Å². The Morgan fingerprint density at radius 2 is 1.94 bits per heavy atom. The van der Waals surface area contributed by atoms with Gasteiger partial charge in [-0.1, -0.05) is 12.1 Å². The molecule has 0 radical (unpaired) electrons. The molecule has 0 saturated heterocycles. The molecule has 0 unspecified atom stereocenters. The maximum Gasteiger partial charge on any atom is 0.410 e. The number of carbonyl (C=O) groups is 1. The molecule has 0 fully saturated rings. The van der Waals surface area contributed by atoms with Crippen molar-refractivity contribution in [1.29, 1.82) is 0 Å². The Balaban J connectivity index is 1.26. The molecule has 0 atom stereocenters. The number of imidazole rings is 1. The summed E-state index contributed by atoms with van der Waals surface area (Å²) in [6, 6.07) is 11.6. The van der Waals surface area contributed by atoms with Crippen LogP contribution >= 0.6 is 0 Å². The van der Waals surface area contributed by atoms with Gasteiger partial charge in [-0.05, 0) is 68.7 Å². The summed E-state index contributed by atoms with van der Waals surface area (Å²) in [5.74, 6) is 1.11. The second-order valence-corrected chi connectivity index (χ2v) is 9.30. The van der Waals surface area contributed by atoms with Gasteiger partial charge in [0, 0.05) is 31.7 Å². The predicted molar refractivity (Wildman–Crippen MR) is 134 cm³/mol.